The fraction of sp³-hybridized carbons (Fsp3) is 0.0556. The summed E-state index contributed by atoms with van der Waals surface area (Å²) in [7, 11) is 0. The average Bonchev–Trinajstić information content (AvgIpc) is 2.50. The van der Waals surface area contributed by atoms with Gasteiger partial charge < -0.3 is 0 Å². The second kappa shape index (κ2) is 5.49. The molecule has 1 aromatic heterocycles. The third kappa shape index (κ3) is 2.71. The summed E-state index contributed by atoms with van der Waals surface area (Å²) >= 11 is 0. The number of hydrogen-bond acceptors (Lipinski definition) is 1. The van der Waals surface area contributed by atoms with E-state index in [9.17, 15) is 0 Å². The minimum atomic E-state index is 0.938. The van der Waals surface area contributed by atoms with Crippen LogP contribution in [0.4, 0.5) is 0 Å². The van der Waals surface area contributed by atoms with Crippen molar-refractivity contribution in [3.8, 4) is 11.3 Å². The molecule has 1 heterocycles. The molecule has 0 amide bonds. The molecule has 92 valence electrons. The van der Waals surface area contributed by atoms with Crippen molar-refractivity contribution in [3.05, 3.63) is 90.1 Å². The van der Waals surface area contributed by atoms with Gasteiger partial charge in [-0.1, -0.05) is 60.7 Å². The number of pyridine rings is 1. The van der Waals surface area contributed by atoms with Gasteiger partial charge in [-0.25, -0.2) is 0 Å². The Balaban J connectivity index is 1.99. The summed E-state index contributed by atoms with van der Waals surface area (Å²) in [6.07, 6.45) is 2.78. The Bertz CT molecular complexity index is 645. The van der Waals surface area contributed by atoms with E-state index in [1.54, 1.807) is 0 Å². The lowest BCUT2D eigenvalue weighted by molar-refractivity contribution is 1.18. The Morgan fingerprint density at radius 1 is 0.684 bits per heavy atom. The Kier molecular flexibility index (Phi) is 3.37. The van der Waals surface area contributed by atoms with E-state index in [1.807, 2.05) is 24.4 Å². The molecule has 0 atom stereocenters. The highest BCUT2D eigenvalue weighted by Crippen LogP contribution is 2.23. The Labute approximate surface area is 113 Å². The number of benzene rings is 2. The first kappa shape index (κ1) is 11.7. The average molecular weight is 245 g/mol. The van der Waals surface area contributed by atoms with Gasteiger partial charge in [-0.15, -0.1) is 0 Å². The van der Waals surface area contributed by atoms with E-state index < -0.39 is 0 Å². The highest BCUT2D eigenvalue weighted by molar-refractivity contribution is 5.64. The Morgan fingerprint density at radius 3 is 2.21 bits per heavy atom. The van der Waals surface area contributed by atoms with Gasteiger partial charge in [-0.2, -0.15) is 0 Å². The topological polar surface area (TPSA) is 12.9 Å². The molecule has 0 bridgehead atoms. The smallest absolute Gasteiger partial charge is 0.0704 e. The molecule has 0 unspecified atom stereocenters. The van der Waals surface area contributed by atoms with E-state index in [1.165, 1.54) is 16.7 Å². The van der Waals surface area contributed by atoms with Crippen molar-refractivity contribution in [1.29, 1.82) is 0 Å². The number of rotatable bonds is 3. The van der Waals surface area contributed by atoms with Crippen molar-refractivity contribution in [2.75, 3.05) is 0 Å². The van der Waals surface area contributed by atoms with Gasteiger partial charge in [0.05, 0.1) is 5.69 Å². The quantitative estimate of drug-likeness (QED) is 0.669. The maximum atomic E-state index is 4.45. The van der Waals surface area contributed by atoms with Crippen molar-refractivity contribution in [3.63, 3.8) is 0 Å². The van der Waals surface area contributed by atoms with Gasteiger partial charge in [0.15, 0.2) is 0 Å². The molecule has 3 rings (SSSR count). The molecule has 0 aliphatic carbocycles. The lowest BCUT2D eigenvalue weighted by atomic mass is 9.98. The normalized spacial score (nSPS) is 10.3. The largest absolute Gasteiger partial charge is 0.256 e. The predicted octanol–water partition coefficient (Wildman–Crippen LogP) is 4.34. The van der Waals surface area contributed by atoms with Crippen LogP contribution in [0, 0.1) is 0 Å². The van der Waals surface area contributed by atoms with Crippen LogP contribution in [-0.4, -0.2) is 4.98 Å². The zero-order valence-electron chi connectivity index (χ0n) is 10.7. The lowest BCUT2D eigenvalue weighted by Gasteiger charge is -2.09. The molecule has 0 aliphatic rings. The second-order valence-electron chi connectivity index (χ2n) is 4.53. The van der Waals surface area contributed by atoms with Crippen LogP contribution in [0.2, 0.25) is 0 Å². The molecule has 3 aromatic rings. The molecule has 1 heteroatoms. The molecule has 19 heavy (non-hydrogen) atoms. The number of nitrogens with zero attached hydrogens (tertiary/aromatic N) is 1. The van der Waals surface area contributed by atoms with Crippen LogP contribution in [0.5, 0.6) is 0 Å². The standard InChI is InChI=1S/C18H15N/c1-2-8-15(9-3-1)14-16-10-4-5-11-17(16)18-12-6-7-13-19-18/h1-13H,14H2. The monoisotopic (exact) mass is 245 g/mol. The summed E-state index contributed by atoms with van der Waals surface area (Å²) in [5.41, 5.74) is 4.89. The van der Waals surface area contributed by atoms with Crippen LogP contribution in [0.3, 0.4) is 0 Å². The number of aromatic nitrogens is 1. The molecule has 0 radical (unpaired) electrons. The van der Waals surface area contributed by atoms with Crippen molar-refractivity contribution in [2.45, 2.75) is 6.42 Å². The molecule has 0 spiro atoms. The van der Waals surface area contributed by atoms with Crippen LogP contribution in [-0.2, 0) is 6.42 Å². The molecular formula is C18H15N. The fourth-order valence-corrected chi connectivity index (χ4v) is 2.26. The molecular weight excluding hydrogens is 230 g/mol. The van der Waals surface area contributed by atoms with Crippen LogP contribution in [0.25, 0.3) is 11.3 Å². The minimum Gasteiger partial charge on any atom is -0.256 e. The van der Waals surface area contributed by atoms with Crippen molar-refractivity contribution >= 4 is 0 Å². The van der Waals surface area contributed by atoms with E-state index in [2.05, 4.69) is 59.6 Å². The maximum Gasteiger partial charge on any atom is 0.0704 e. The van der Waals surface area contributed by atoms with Gasteiger partial charge in [0, 0.05) is 11.8 Å². The van der Waals surface area contributed by atoms with Crippen LogP contribution in [0.15, 0.2) is 79.0 Å². The minimum absolute atomic E-state index is 0.938. The van der Waals surface area contributed by atoms with Gasteiger partial charge in [0.25, 0.3) is 0 Å². The van der Waals surface area contributed by atoms with Gasteiger partial charge in [-0.05, 0) is 29.7 Å². The van der Waals surface area contributed by atoms with E-state index in [0.717, 1.165) is 12.1 Å². The summed E-state index contributed by atoms with van der Waals surface area (Å²) in [4.78, 5) is 4.45. The zero-order valence-corrected chi connectivity index (χ0v) is 10.7. The maximum absolute atomic E-state index is 4.45. The van der Waals surface area contributed by atoms with E-state index in [0.29, 0.717) is 0 Å². The van der Waals surface area contributed by atoms with E-state index in [4.69, 9.17) is 0 Å². The molecule has 1 nitrogen and oxygen atoms in total. The second-order valence-corrected chi connectivity index (χ2v) is 4.53. The third-order valence-electron chi connectivity index (χ3n) is 3.20. The Hall–Kier alpha value is -2.41. The van der Waals surface area contributed by atoms with E-state index in [-0.39, 0.29) is 0 Å². The molecule has 0 N–H and O–H groups in total. The molecule has 2 aromatic carbocycles. The Morgan fingerprint density at radius 2 is 1.42 bits per heavy atom. The van der Waals surface area contributed by atoms with Gasteiger partial charge in [0.2, 0.25) is 0 Å². The van der Waals surface area contributed by atoms with Crippen LogP contribution >= 0.6 is 0 Å². The van der Waals surface area contributed by atoms with Crippen molar-refractivity contribution in [1.82, 2.24) is 4.98 Å². The molecule has 0 saturated heterocycles. The highest BCUT2D eigenvalue weighted by atomic mass is 14.7. The first-order valence-electron chi connectivity index (χ1n) is 6.47. The third-order valence-corrected chi connectivity index (χ3v) is 3.20. The highest BCUT2D eigenvalue weighted by Gasteiger charge is 2.05. The van der Waals surface area contributed by atoms with Crippen molar-refractivity contribution < 1.29 is 0 Å². The zero-order chi connectivity index (χ0) is 12.9. The summed E-state index contributed by atoms with van der Waals surface area (Å²) in [5.74, 6) is 0. The van der Waals surface area contributed by atoms with Crippen molar-refractivity contribution in [2.24, 2.45) is 0 Å². The van der Waals surface area contributed by atoms with Gasteiger partial charge >= 0.3 is 0 Å². The molecule has 0 saturated carbocycles. The first-order chi connectivity index (χ1) is 9.43. The molecule has 0 aliphatic heterocycles. The fourth-order valence-electron chi connectivity index (χ4n) is 2.26. The van der Waals surface area contributed by atoms with Crippen LogP contribution in [0.1, 0.15) is 11.1 Å². The predicted molar refractivity (Wildman–Crippen MR) is 78.9 cm³/mol. The van der Waals surface area contributed by atoms with Crippen LogP contribution < -0.4 is 0 Å². The summed E-state index contributed by atoms with van der Waals surface area (Å²) in [6, 6.07) is 25.0. The molecule has 0 fully saturated rings. The van der Waals surface area contributed by atoms with Gasteiger partial charge in [-0.3, -0.25) is 4.98 Å². The van der Waals surface area contributed by atoms with E-state index >= 15 is 0 Å². The van der Waals surface area contributed by atoms with Gasteiger partial charge in [0.1, 0.15) is 0 Å². The lowest BCUT2D eigenvalue weighted by Crippen LogP contribution is -1.93. The first-order valence-corrected chi connectivity index (χ1v) is 6.47. The number of hydrogen-bond donors (Lipinski definition) is 0. The SMILES string of the molecule is c1ccc(Cc2ccccc2-c2ccccn2)cc1. The summed E-state index contributed by atoms with van der Waals surface area (Å²) < 4.78 is 0. The summed E-state index contributed by atoms with van der Waals surface area (Å²) in [5, 5.41) is 0. The summed E-state index contributed by atoms with van der Waals surface area (Å²) in [6.45, 7) is 0.